The number of amides is 1. The van der Waals surface area contributed by atoms with Gasteiger partial charge in [0.25, 0.3) is 0 Å². The lowest BCUT2D eigenvalue weighted by Crippen LogP contribution is -2.53. The lowest BCUT2D eigenvalue weighted by atomic mass is 10.1. The highest BCUT2D eigenvalue weighted by molar-refractivity contribution is 5.82. The number of benzene rings is 1. The van der Waals surface area contributed by atoms with E-state index in [4.69, 9.17) is 4.74 Å². The molecule has 2 unspecified atom stereocenters. The van der Waals surface area contributed by atoms with Gasteiger partial charge in [0.1, 0.15) is 11.8 Å². The molecule has 1 aromatic rings. The highest BCUT2D eigenvalue weighted by atomic mass is 16.5. The molecule has 3 rings (SSSR count). The van der Waals surface area contributed by atoms with Gasteiger partial charge in [-0.2, -0.15) is 0 Å². The number of carbonyl (C=O) groups is 1. The third-order valence-corrected chi connectivity index (χ3v) is 4.42. The van der Waals surface area contributed by atoms with Crippen molar-refractivity contribution < 1.29 is 9.53 Å². The van der Waals surface area contributed by atoms with Crippen molar-refractivity contribution in [2.45, 2.75) is 25.4 Å². The number of piperazine rings is 1. The Morgan fingerprint density at radius 1 is 1.14 bits per heavy atom. The van der Waals surface area contributed by atoms with Crippen LogP contribution in [-0.2, 0) is 4.79 Å². The fraction of sp³-hybridized carbons (Fsp3) is 0.562. The van der Waals surface area contributed by atoms with Crippen molar-refractivity contribution in [3.8, 4) is 5.75 Å². The molecule has 1 aromatic carbocycles. The molecule has 2 aliphatic heterocycles. The maximum Gasteiger partial charge on any atom is 0.241 e. The van der Waals surface area contributed by atoms with Crippen molar-refractivity contribution in [1.82, 2.24) is 15.8 Å². The van der Waals surface area contributed by atoms with E-state index in [0.717, 1.165) is 38.3 Å². The van der Waals surface area contributed by atoms with E-state index in [2.05, 4.69) is 34.8 Å². The van der Waals surface area contributed by atoms with Crippen molar-refractivity contribution in [2.24, 2.45) is 0 Å². The molecular weight excluding hydrogens is 280 g/mol. The molecule has 6 heteroatoms. The van der Waals surface area contributed by atoms with Gasteiger partial charge in [0.05, 0.1) is 7.11 Å². The van der Waals surface area contributed by atoms with E-state index in [-0.39, 0.29) is 11.9 Å². The van der Waals surface area contributed by atoms with E-state index in [1.807, 2.05) is 17.0 Å². The summed E-state index contributed by atoms with van der Waals surface area (Å²) >= 11 is 0. The lowest BCUT2D eigenvalue weighted by molar-refractivity contribution is -0.133. The normalized spacial score (nSPS) is 25.4. The lowest BCUT2D eigenvalue weighted by Gasteiger charge is -2.37. The summed E-state index contributed by atoms with van der Waals surface area (Å²) in [5, 5.41) is 0. The molecule has 0 aromatic heterocycles. The standard InChI is InChI=1S/C16H24N4O2/c1-12-11-15(18-17-12)16(21)20-9-7-19(8-10-20)13-3-5-14(22-2)6-4-13/h3-6,12,15,17-18H,7-11H2,1-2H3. The van der Waals surface area contributed by atoms with Crippen molar-refractivity contribution in [3.63, 3.8) is 0 Å². The summed E-state index contributed by atoms with van der Waals surface area (Å²) in [4.78, 5) is 16.7. The van der Waals surface area contributed by atoms with E-state index >= 15 is 0 Å². The van der Waals surface area contributed by atoms with Crippen LogP contribution < -0.4 is 20.5 Å². The Labute approximate surface area is 131 Å². The van der Waals surface area contributed by atoms with Crippen molar-refractivity contribution in [1.29, 1.82) is 0 Å². The number of rotatable bonds is 3. The summed E-state index contributed by atoms with van der Waals surface area (Å²) in [5.41, 5.74) is 7.39. The number of nitrogens with one attached hydrogen (secondary N) is 2. The summed E-state index contributed by atoms with van der Waals surface area (Å²) < 4.78 is 5.19. The number of hydrogen-bond acceptors (Lipinski definition) is 5. The van der Waals surface area contributed by atoms with Gasteiger partial charge in [-0.1, -0.05) is 0 Å². The third-order valence-electron chi connectivity index (χ3n) is 4.42. The van der Waals surface area contributed by atoms with Crippen LogP contribution in [0.4, 0.5) is 5.69 Å². The molecule has 2 aliphatic rings. The summed E-state index contributed by atoms with van der Waals surface area (Å²) in [6.45, 7) is 5.37. The van der Waals surface area contributed by atoms with Gasteiger partial charge in [-0.05, 0) is 37.6 Å². The topological polar surface area (TPSA) is 56.8 Å². The summed E-state index contributed by atoms with van der Waals surface area (Å²) in [7, 11) is 1.67. The van der Waals surface area contributed by atoms with Gasteiger partial charge in [-0.25, -0.2) is 5.43 Å². The van der Waals surface area contributed by atoms with Crippen molar-refractivity contribution >= 4 is 11.6 Å². The minimum atomic E-state index is -0.0810. The number of ether oxygens (including phenoxy) is 1. The smallest absolute Gasteiger partial charge is 0.241 e. The second-order valence-corrected chi connectivity index (χ2v) is 5.99. The van der Waals surface area contributed by atoms with Crippen LogP contribution in [0.2, 0.25) is 0 Å². The van der Waals surface area contributed by atoms with Crippen LogP contribution in [0.25, 0.3) is 0 Å². The first-order chi connectivity index (χ1) is 10.7. The average molecular weight is 304 g/mol. The number of nitrogens with zero attached hydrogens (tertiary/aromatic N) is 2. The molecular formula is C16H24N4O2. The quantitative estimate of drug-likeness (QED) is 0.856. The van der Waals surface area contributed by atoms with Crippen molar-refractivity contribution in [3.05, 3.63) is 24.3 Å². The Morgan fingerprint density at radius 2 is 1.82 bits per heavy atom. The first kappa shape index (κ1) is 15.1. The van der Waals surface area contributed by atoms with Crippen LogP contribution in [0, 0.1) is 0 Å². The molecule has 0 saturated carbocycles. The third kappa shape index (κ3) is 3.18. The van der Waals surface area contributed by atoms with Gasteiger partial charge in [-0.3, -0.25) is 10.2 Å². The average Bonchev–Trinajstić information content (AvgIpc) is 3.01. The highest BCUT2D eigenvalue weighted by Gasteiger charge is 2.31. The Balaban J connectivity index is 1.54. The fourth-order valence-corrected chi connectivity index (χ4v) is 3.08. The molecule has 1 amide bonds. The van der Waals surface area contributed by atoms with Gasteiger partial charge in [0, 0.05) is 37.9 Å². The predicted molar refractivity (Wildman–Crippen MR) is 85.9 cm³/mol. The van der Waals surface area contributed by atoms with Gasteiger partial charge in [0.2, 0.25) is 5.91 Å². The number of anilines is 1. The van der Waals surface area contributed by atoms with Crippen LogP contribution in [-0.4, -0.2) is 56.2 Å². The predicted octanol–water partition coefficient (Wildman–Crippen LogP) is 0.599. The molecule has 120 valence electrons. The van der Waals surface area contributed by atoms with Crippen LogP contribution in [0.3, 0.4) is 0 Å². The molecule has 0 spiro atoms. The highest BCUT2D eigenvalue weighted by Crippen LogP contribution is 2.21. The molecule has 2 N–H and O–H groups in total. The fourth-order valence-electron chi connectivity index (χ4n) is 3.08. The SMILES string of the molecule is COc1ccc(N2CCN(C(=O)C3CC(C)NN3)CC2)cc1. The molecule has 2 atom stereocenters. The van der Waals surface area contributed by atoms with Gasteiger partial charge in [0.15, 0.2) is 0 Å². The maximum absolute atomic E-state index is 12.5. The molecule has 0 radical (unpaired) electrons. The Kier molecular flexibility index (Phi) is 4.49. The first-order valence-electron chi connectivity index (χ1n) is 7.86. The molecule has 22 heavy (non-hydrogen) atoms. The van der Waals surface area contributed by atoms with E-state index in [9.17, 15) is 4.79 Å². The second-order valence-electron chi connectivity index (χ2n) is 5.99. The number of hydrazine groups is 1. The zero-order chi connectivity index (χ0) is 15.5. The van der Waals surface area contributed by atoms with Crippen LogP contribution in [0.15, 0.2) is 24.3 Å². The maximum atomic E-state index is 12.5. The Hall–Kier alpha value is -1.79. The zero-order valence-corrected chi connectivity index (χ0v) is 13.2. The Morgan fingerprint density at radius 3 is 2.36 bits per heavy atom. The van der Waals surface area contributed by atoms with E-state index in [1.54, 1.807) is 7.11 Å². The van der Waals surface area contributed by atoms with Crippen LogP contribution in [0.1, 0.15) is 13.3 Å². The van der Waals surface area contributed by atoms with Gasteiger partial charge < -0.3 is 14.5 Å². The monoisotopic (exact) mass is 304 g/mol. The molecule has 6 nitrogen and oxygen atoms in total. The molecule has 2 saturated heterocycles. The van der Waals surface area contributed by atoms with E-state index < -0.39 is 0 Å². The molecule has 0 bridgehead atoms. The second kappa shape index (κ2) is 6.54. The molecule has 0 aliphatic carbocycles. The van der Waals surface area contributed by atoms with Gasteiger partial charge in [-0.15, -0.1) is 0 Å². The number of hydrogen-bond donors (Lipinski definition) is 2. The van der Waals surface area contributed by atoms with E-state index in [0.29, 0.717) is 6.04 Å². The minimum absolute atomic E-state index is 0.0810. The van der Waals surface area contributed by atoms with E-state index in [1.165, 1.54) is 5.69 Å². The summed E-state index contributed by atoms with van der Waals surface area (Å²) in [5.74, 6) is 1.08. The van der Waals surface area contributed by atoms with Crippen LogP contribution in [0.5, 0.6) is 5.75 Å². The Bertz CT molecular complexity index is 511. The first-order valence-corrected chi connectivity index (χ1v) is 7.86. The number of methoxy groups -OCH3 is 1. The van der Waals surface area contributed by atoms with Crippen LogP contribution >= 0.6 is 0 Å². The summed E-state index contributed by atoms with van der Waals surface area (Å²) in [6.07, 6.45) is 0.859. The van der Waals surface area contributed by atoms with Crippen molar-refractivity contribution in [2.75, 3.05) is 38.2 Å². The van der Waals surface area contributed by atoms with Gasteiger partial charge >= 0.3 is 0 Å². The zero-order valence-electron chi connectivity index (χ0n) is 13.2. The molecule has 2 heterocycles. The largest absolute Gasteiger partial charge is 0.497 e. The molecule has 2 fully saturated rings. The number of carbonyl (C=O) groups excluding carboxylic acids is 1. The summed E-state index contributed by atoms with van der Waals surface area (Å²) in [6, 6.07) is 8.36. The minimum Gasteiger partial charge on any atom is -0.497 e.